The van der Waals surface area contributed by atoms with Gasteiger partial charge < -0.3 is 4.90 Å². The molecule has 1 saturated heterocycles. The lowest BCUT2D eigenvalue weighted by Crippen LogP contribution is -2.39. The summed E-state index contributed by atoms with van der Waals surface area (Å²) in [4.78, 5) is 1.85. The maximum atomic E-state index is 13.0. The van der Waals surface area contributed by atoms with E-state index in [0.717, 1.165) is 5.69 Å². The van der Waals surface area contributed by atoms with Crippen molar-refractivity contribution in [3.8, 4) is 0 Å². The van der Waals surface area contributed by atoms with Gasteiger partial charge in [-0.3, -0.25) is 4.72 Å². The highest BCUT2D eigenvalue weighted by Crippen LogP contribution is 2.30. The van der Waals surface area contributed by atoms with Crippen LogP contribution in [-0.2, 0) is 10.2 Å². The largest absolute Gasteiger partial charge is 0.371 e. The zero-order chi connectivity index (χ0) is 14.1. The fourth-order valence-corrected chi connectivity index (χ4v) is 2.46. The maximum absolute atomic E-state index is 13.0. The molecule has 1 aromatic carbocycles. The Kier molecular flexibility index (Phi) is 3.64. The van der Waals surface area contributed by atoms with Gasteiger partial charge in [0.25, 0.3) is 16.1 Å². The molecule has 0 atom stereocenters. The lowest BCUT2D eigenvalue weighted by atomic mass is 10.1. The van der Waals surface area contributed by atoms with E-state index in [1.165, 1.54) is 0 Å². The molecule has 0 bridgehead atoms. The molecule has 1 aromatic rings. The fourth-order valence-electron chi connectivity index (χ4n) is 2.00. The molecule has 1 aliphatic heterocycles. The predicted octanol–water partition coefficient (Wildman–Crippen LogP) is 1.54. The summed E-state index contributed by atoms with van der Waals surface area (Å²) in [5.41, 5.74) is 1.13. The van der Waals surface area contributed by atoms with Gasteiger partial charge in [-0.25, -0.2) is 13.9 Å². The van der Waals surface area contributed by atoms with Crippen LogP contribution in [0.15, 0.2) is 24.3 Å². The number of benzene rings is 1. The van der Waals surface area contributed by atoms with Crippen molar-refractivity contribution in [2.75, 3.05) is 22.7 Å². The Hall–Kier alpha value is -1.41. The van der Waals surface area contributed by atoms with E-state index in [1.54, 1.807) is 24.3 Å². The van der Waals surface area contributed by atoms with Crippen LogP contribution in [0.3, 0.4) is 0 Å². The third kappa shape index (κ3) is 4.03. The zero-order valence-electron chi connectivity index (χ0n) is 10.1. The van der Waals surface area contributed by atoms with Gasteiger partial charge in [-0.05, 0) is 24.3 Å². The topological polar surface area (TPSA) is 75.4 Å². The average Bonchev–Trinajstić information content (AvgIpc) is 2.28. The zero-order valence-corrected chi connectivity index (χ0v) is 11.0. The number of piperidine rings is 1. The lowest BCUT2D eigenvalue weighted by Gasteiger charge is -2.33. The van der Waals surface area contributed by atoms with E-state index < -0.39 is 16.1 Å². The minimum atomic E-state index is -3.79. The Labute approximate surface area is 110 Å². The molecular weight excluding hydrogens is 276 g/mol. The molecule has 5 nitrogen and oxygen atoms in total. The first-order chi connectivity index (χ1) is 8.75. The van der Waals surface area contributed by atoms with Gasteiger partial charge in [-0.15, -0.1) is 0 Å². The van der Waals surface area contributed by atoms with E-state index in [2.05, 4.69) is 4.72 Å². The molecule has 0 aliphatic carbocycles. The van der Waals surface area contributed by atoms with Gasteiger partial charge in [-0.1, -0.05) is 0 Å². The van der Waals surface area contributed by atoms with Crippen LogP contribution in [0.25, 0.3) is 0 Å². The highest BCUT2D eigenvalue weighted by atomic mass is 32.2. The fraction of sp³-hybridized carbons (Fsp3) is 0.455. The number of nitrogens with two attached hydrogens (primary N) is 1. The van der Waals surface area contributed by atoms with Crippen LogP contribution in [0, 0.1) is 0 Å². The highest BCUT2D eigenvalue weighted by molar-refractivity contribution is 7.90. The summed E-state index contributed by atoms with van der Waals surface area (Å²) in [5, 5.41) is 4.85. The highest BCUT2D eigenvalue weighted by Gasteiger charge is 2.33. The number of halogens is 2. The SMILES string of the molecule is NS(=O)(=O)Nc1ccc(N2CCC(F)(F)CC2)cc1. The third-order valence-corrected chi connectivity index (χ3v) is 3.51. The van der Waals surface area contributed by atoms with E-state index in [-0.39, 0.29) is 25.9 Å². The maximum Gasteiger partial charge on any atom is 0.296 e. The lowest BCUT2D eigenvalue weighted by molar-refractivity contribution is -0.0220. The molecule has 0 unspecified atom stereocenters. The number of hydrogen-bond acceptors (Lipinski definition) is 3. The van der Waals surface area contributed by atoms with Crippen LogP contribution < -0.4 is 14.8 Å². The Balaban J connectivity index is 2.03. The van der Waals surface area contributed by atoms with E-state index in [9.17, 15) is 17.2 Å². The molecule has 106 valence electrons. The summed E-state index contributed by atoms with van der Waals surface area (Å²) in [6.07, 6.45) is -0.325. The van der Waals surface area contributed by atoms with Crippen LogP contribution >= 0.6 is 0 Å². The van der Waals surface area contributed by atoms with Crippen molar-refractivity contribution in [3.05, 3.63) is 24.3 Å². The summed E-state index contributed by atoms with van der Waals surface area (Å²) in [6.45, 7) is 0.573. The van der Waals surface area contributed by atoms with Crippen molar-refractivity contribution in [3.63, 3.8) is 0 Å². The quantitative estimate of drug-likeness (QED) is 0.887. The number of anilines is 2. The van der Waals surface area contributed by atoms with Crippen LogP contribution in [0.1, 0.15) is 12.8 Å². The van der Waals surface area contributed by atoms with Crippen molar-refractivity contribution in [2.45, 2.75) is 18.8 Å². The van der Waals surface area contributed by atoms with Crippen molar-refractivity contribution in [1.82, 2.24) is 0 Å². The van der Waals surface area contributed by atoms with Crippen molar-refractivity contribution in [1.29, 1.82) is 0 Å². The average molecular weight is 291 g/mol. The van der Waals surface area contributed by atoms with Crippen LogP contribution in [0.2, 0.25) is 0 Å². The minimum Gasteiger partial charge on any atom is -0.371 e. The van der Waals surface area contributed by atoms with Gasteiger partial charge in [0.15, 0.2) is 0 Å². The van der Waals surface area contributed by atoms with Crippen molar-refractivity contribution >= 4 is 21.6 Å². The van der Waals surface area contributed by atoms with E-state index in [0.29, 0.717) is 5.69 Å². The monoisotopic (exact) mass is 291 g/mol. The molecule has 0 radical (unpaired) electrons. The summed E-state index contributed by atoms with van der Waals surface area (Å²) in [5.74, 6) is -2.58. The summed E-state index contributed by atoms with van der Waals surface area (Å²) < 4.78 is 49.9. The predicted molar refractivity (Wildman–Crippen MR) is 69.6 cm³/mol. The molecule has 1 aliphatic rings. The normalized spacial score (nSPS) is 19.2. The summed E-state index contributed by atoms with van der Waals surface area (Å²) in [6, 6.07) is 6.45. The van der Waals surface area contributed by atoms with Gasteiger partial charge in [0, 0.05) is 37.3 Å². The molecule has 0 amide bonds. The molecule has 3 N–H and O–H groups in total. The smallest absolute Gasteiger partial charge is 0.296 e. The molecule has 0 aromatic heterocycles. The molecule has 1 fully saturated rings. The molecule has 1 heterocycles. The molecule has 2 rings (SSSR count). The first-order valence-electron chi connectivity index (χ1n) is 5.79. The number of nitrogens with one attached hydrogen (secondary N) is 1. The molecule has 0 saturated carbocycles. The van der Waals surface area contributed by atoms with E-state index in [4.69, 9.17) is 5.14 Å². The first kappa shape index (κ1) is 14.0. The molecule has 0 spiro atoms. The minimum absolute atomic E-state index is 0.163. The standard InChI is InChI=1S/C11H15F2N3O2S/c12-11(13)5-7-16(8-6-11)10-3-1-9(2-4-10)15-19(14,17)18/h1-4,15H,5-8H2,(H2,14,17,18). The van der Waals surface area contributed by atoms with Crippen molar-refractivity contribution < 1.29 is 17.2 Å². The van der Waals surface area contributed by atoms with Gasteiger partial charge in [0.1, 0.15) is 0 Å². The summed E-state index contributed by atoms with van der Waals surface area (Å²) >= 11 is 0. The van der Waals surface area contributed by atoms with Crippen molar-refractivity contribution in [2.24, 2.45) is 5.14 Å². The second kappa shape index (κ2) is 4.93. The van der Waals surface area contributed by atoms with Gasteiger partial charge >= 0.3 is 0 Å². The third-order valence-electron chi connectivity index (χ3n) is 2.99. The Morgan fingerprint density at radius 2 is 1.68 bits per heavy atom. The molecular formula is C11H15F2N3O2S. The second-order valence-corrected chi connectivity index (χ2v) is 5.83. The van der Waals surface area contributed by atoms with Crippen LogP contribution in [-0.4, -0.2) is 27.4 Å². The number of alkyl halides is 2. The van der Waals surface area contributed by atoms with Gasteiger partial charge in [0.05, 0.1) is 0 Å². The summed E-state index contributed by atoms with van der Waals surface area (Å²) in [7, 11) is -3.79. The second-order valence-electron chi connectivity index (χ2n) is 4.54. The van der Waals surface area contributed by atoms with Gasteiger partial charge in [0.2, 0.25) is 0 Å². The number of nitrogens with zero attached hydrogens (tertiary/aromatic N) is 1. The first-order valence-corrected chi connectivity index (χ1v) is 7.33. The van der Waals surface area contributed by atoms with E-state index in [1.807, 2.05) is 4.90 Å². The number of rotatable bonds is 3. The number of hydrogen-bond donors (Lipinski definition) is 2. The van der Waals surface area contributed by atoms with E-state index >= 15 is 0 Å². The van der Waals surface area contributed by atoms with Crippen LogP contribution in [0.4, 0.5) is 20.2 Å². The molecule has 8 heteroatoms. The Morgan fingerprint density at radius 1 is 1.16 bits per heavy atom. The van der Waals surface area contributed by atoms with Crippen LogP contribution in [0.5, 0.6) is 0 Å². The van der Waals surface area contributed by atoms with Gasteiger partial charge in [-0.2, -0.15) is 8.42 Å². The Bertz CT molecular complexity index is 536. The molecule has 19 heavy (non-hydrogen) atoms. The Morgan fingerprint density at radius 3 is 2.16 bits per heavy atom.